The van der Waals surface area contributed by atoms with Crippen molar-refractivity contribution in [3.63, 3.8) is 0 Å². The number of nitrogens with zero attached hydrogens (tertiary/aromatic N) is 2. The lowest BCUT2D eigenvalue weighted by Crippen LogP contribution is -2.09. The van der Waals surface area contributed by atoms with E-state index in [0.29, 0.717) is 17.1 Å². The molecule has 0 atom stereocenters. The van der Waals surface area contributed by atoms with Crippen LogP contribution in [0.25, 0.3) is 6.08 Å². The molecule has 32 heavy (non-hydrogen) atoms. The molecule has 0 unspecified atom stereocenters. The summed E-state index contributed by atoms with van der Waals surface area (Å²) in [6.45, 7) is 0.473. The molecule has 1 heterocycles. The highest BCUT2D eigenvalue weighted by Crippen LogP contribution is 2.25. The first kappa shape index (κ1) is 20.8. The van der Waals surface area contributed by atoms with Crippen LogP contribution in [-0.2, 0) is 9.53 Å². The van der Waals surface area contributed by atoms with E-state index < -0.39 is 10.9 Å². The molecular formula is C24H18N2O6. The number of nitro benzene ring substituents is 1. The number of benzene rings is 3. The summed E-state index contributed by atoms with van der Waals surface area (Å²) in [6, 6.07) is 22.2. The van der Waals surface area contributed by atoms with E-state index in [9.17, 15) is 14.9 Å². The third kappa shape index (κ3) is 4.99. The van der Waals surface area contributed by atoms with Gasteiger partial charge < -0.3 is 14.2 Å². The first-order valence-electron chi connectivity index (χ1n) is 9.77. The second-order valence-electron chi connectivity index (χ2n) is 6.69. The average Bonchev–Trinajstić information content (AvgIpc) is 3.19. The van der Waals surface area contributed by atoms with Crippen molar-refractivity contribution in [1.82, 2.24) is 0 Å². The number of para-hydroxylation sites is 1. The molecule has 3 aromatic carbocycles. The Morgan fingerprint density at radius 3 is 2.34 bits per heavy atom. The van der Waals surface area contributed by atoms with Crippen LogP contribution in [0.3, 0.4) is 0 Å². The fourth-order valence-corrected chi connectivity index (χ4v) is 2.97. The van der Waals surface area contributed by atoms with Crippen LogP contribution in [-0.4, -0.2) is 30.0 Å². The van der Waals surface area contributed by atoms with Gasteiger partial charge in [-0.15, -0.1) is 0 Å². The number of hydrogen-bond acceptors (Lipinski definition) is 7. The topological polar surface area (TPSA) is 100 Å². The molecule has 0 radical (unpaired) electrons. The van der Waals surface area contributed by atoms with E-state index in [0.717, 1.165) is 5.56 Å². The molecule has 4 rings (SSSR count). The average molecular weight is 430 g/mol. The van der Waals surface area contributed by atoms with Gasteiger partial charge in [0.05, 0.1) is 4.92 Å². The minimum Gasteiger partial charge on any atom is -0.490 e. The molecule has 0 N–H and O–H groups in total. The molecular weight excluding hydrogens is 412 g/mol. The van der Waals surface area contributed by atoms with E-state index in [-0.39, 0.29) is 30.5 Å². The summed E-state index contributed by atoms with van der Waals surface area (Å²) in [4.78, 5) is 26.8. The van der Waals surface area contributed by atoms with Gasteiger partial charge in [-0.25, -0.2) is 9.79 Å². The molecule has 0 amide bonds. The van der Waals surface area contributed by atoms with Gasteiger partial charge in [-0.2, -0.15) is 0 Å². The molecule has 0 bridgehead atoms. The first-order valence-corrected chi connectivity index (χ1v) is 9.77. The largest absolute Gasteiger partial charge is 0.490 e. The van der Waals surface area contributed by atoms with Gasteiger partial charge in [-0.05, 0) is 36.4 Å². The Bertz CT molecular complexity index is 1190. The van der Waals surface area contributed by atoms with Crippen molar-refractivity contribution >= 4 is 23.6 Å². The fourth-order valence-electron chi connectivity index (χ4n) is 2.97. The molecule has 8 heteroatoms. The van der Waals surface area contributed by atoms with Crippen LogP contribution in [0.15, 0.2) is 89.6 Å². The van der Waals surface area contributed by atoms with Gasteiger partial charge in [0.25, 0.3) is 5.69 Å². The number of cyclic esters (lactones) is 1. The number of aliphatic imine (C=N–C) groups is 1. The van der Waals surface area contributed by atoms with Crippen molar-refractivity contribution in [1.29, 1.82) is 0 Å². The number of nitro groups is 1. The number of hydrogen-bond donors (Lipinski definition) is 0. The number of esters is 1. The lowest BCUT2D eigenvalue weighted by Gasteiger charge is -2.10. The molecule has 0 saturated heterocycles. The standard InChI is InChI=1S/C24H18N2O6/c27-24-21(25-23(32-24)17-6-2-1-3-7-17)16-18-8-4-5-9-22(18)31-15-14-30-20-12-10-19(11-13-20)26(28)29/h1-13,16H,14-15H2/b21-16-. The van der Waals surface area contributed by atoms with Crippen LogP contribution in [0.1, 0.15) is 11.1 Å². The molecule has 1 aliphatic heterocycles. The number of ether oxygens (including phenoxy) is 3. The second kappa shape index (κ2) is 9.57. The molecule has 0 saturated carbocycles. The zero-order valence-electron chi connectivity index (χ0n) is 16.8. The summed E-state index contributed by atoms with van der Waals surface area (Å²) in [5, 5.41) is 10.7. The van der Waals surface area contributed by atoms with Crippen LogP contribution in [0.5, 0.6) is 11.5 Å². The predicted octanol–water partition coefficient (Wildman–Crippen LogP) is 4.40. The number of carbonyl (C=O) groups excluding carboxylic acids is 1. The van der Waals surface area contributed by atoms with Crippen molar-refractivity contribution in [3.05, 3.63) is 106 Å². The van der Waals surface area contributed by atoms with Crippen molar-refractivity contribution < 1.29 is 23.9 Å². The van der Waals surface area contributed by atoms with Gasteiger partial charge >= 0.3 is 5.97 Å². The Hall–Kier alpha value is -4.46. The van der Waals surface area contributed by atoms with Gasteiger partial charge in [0.1, 0.15) is 24.7 Å². The van der Waals surface area contributed by atoms with Gasteiger partial charge in [-0.1, -0.05) is 36.4 Å². The summed E-state index contributed by atoms with van der Waals surface area (Å²) in [5.41, 5.74) is 1.58. The highest BCUT2D eigenvalue weighted by Gasteiger charge is 2.24. The lowest BCUT2D eigenvalue weighted by molar-refractivity contribution is -0.384. The monoisotopic (exact) mass is 430 g/mol. The lowest BCUT2D eigenvalue weighted by atomic mass is 10.1. The molecule has 3 aromatic rings. The van der Waals surface area contributed by atoms with E-state index in [1.165, 1.54) is 24.3 Å². The van der Waals surface area contributed by atoms with E-state index in [1.54, 1.807) is 12.1 Å². The number of rotatable bonds is 8. The van der Waals surface area contributed by atoms with Crippen LogP contribution in [0, 0.1) is 10.1 Å². The fraction of sp³-hybridized carbons (Fsp3) is 0.0833. The van der Waals surface area contributed by atoms with Crippen molar-refractivity contribution in [2.24, 2.45) is 4.99 Å². The predicted molar refractivity (Wildman–Crippen MR) is 118 cm³/mol. The maximum Gasteiger partial charge on any atom is 0.363 e. The first-order chi connectivity index (χ1) is 15.6. The molecule has 1 aliphatic rings. The highest BCUT2D eigenvalue weighted by atomic mass is 16.6. The van der Waals surface area contributed by atoms with Gasteiger partial charge in [-0.3, -0.25) is 10.1 Å². The summed E-state index contributed by atoms with van der Waals surface area (Å²) in [5.74, 6) is 0.798. The van der Waals surface area contributed by atoms with Crippen molar-refractivity contribution in [2.45, 2.75) is 0 Å². The quantitative estimate of drug-likeness (QED) is 0.173. The van der Waals surface area contributed by atoms with Gasteiger partial charge in [0.2, 0.25) is 5.90 Å². The van der Waals surface area contributed by atoms with Gasteiger partial charge in [0.15, 0.2) is 5.70 Å². The van der Waals surface area contributed by atoms with E-state index in [4.69, 9.17) is 14.2 Å². The minimum atomic E-state index is -0.528. The SMILES string of the molecule is O=C1OC(c2ccccc2)=N/C1=C\c1ccccc1OCCOc1ccc([N+](=O)[O-])cc1. The van der Waals surface area contributed by atoms with Crippen LogP contribution in [0.4, 0.5) is 5.69 Å². The molecule has 0 fully saturated rings. The Kier molecular flexibility index (Phi) is 6.22. The molecule has 8 nitrogen and oxygen atoms in total. The summed E-state index contributed by atoms with van der Waals surface area (Å²) in [6.07, 6.45) is 1.62. The van der Waals surface area contributed by atoms with Crippen molar-refractivity contribution in [2.75, 3.05) is 13.2 Å². The van der Waals surface area contributed by atoms with Crippen LogP contribution >= 0.6 is 0 Å². The van der Waals surface area contributed by atoms with E-state index in [1.807, 2.05) is 48.5 Å². The zero-order valence-corrected chi connectivity index (χ0v) is 16.8. The molecule has 160 valence electrons. The second-order valence-corrected chi connectivity index (χ2v) is 6.69. The smallest absolute Gasteiger partial charge is 0.363 e. The van der Waals surface area contributed by atoms with E-state index in [2.05, 4.69) is 4.99 Å². The Morgan fingerprint density at radius 1 is 0.906 bits per heavy atom. The third-order valence-electron chi connectivity index (χ3n) is 4.51. The van der Waals surface area contributed by atoms with Crippen LogP contribution in [0.2, 0.25) is 0 Å². The number of non-ortho nitro benzene ring substituents is 1. The molecule has 0 spiro atoms. The summed E-state index contributed by atoms with van der Waals surface area (Å²) in [7, 11) is 0. The van der Waals surface area contributed by atoms with Gasteiger partial charge in [0, 0.05) is 23.3 Å². The minimum absolute atomic E-state index is 0.000847. The Labute approximate surface area is 183 Å². The normalized spacial score (nSPS) is 14.1. The maximum atomic E-state index is 12.2. The van der Waals surface area contributed by atoms with Crippen molar-refractivity contribution in [3.8, 4) is 11.5 Å². The summed E-state index contributed by atoms with van der Waals surface area (Å²) < 4.78 is 16.6. The highest BCUT2D eigenvalue weighted by molar-refractivity contribution is 6.12. The Morgan fingerprint density at radius 2 is 1.59 bits per heavy atom. The van der Waals surface area contributed by atoms with E-state index >= 15 is 0 Å². The summed E-state index contributed by atoms with van der Waals surface area (Å²) >= 11 is 0. The molecule has 0 aliphatic carbocycles. The number of carbonyl (C=O) groups is 1. The zero-order chi connectivity index (χ0) is 22.3. The third-order valence-corrected chi connectivity index (χ3v) is 4.51. The molecule has 0 aromatic heterocycles. The van der Waals surface area contributed by atoms with Crippen LogP contribution < -0.4 is 9.47 Å². The maximum absolute atomic E-state index is 12.2. The Balaban J connectivity index is 1.40.